The zero-order valence-corrected chi connectivity index (χ0v) is 12.4. The van der Waals surface area contributed by atoms with Crippen LogP contribution in [0.5, 0.6) is 0 Å². The quantitative estimate of drug-likeness (QED) is 0.837. The highest BCUT2D eigenvalue weighted by Gasteiger charge is 2.02. The largest absolute Gasteiger partial charge is 0.358 e. The lowest BCUT2D eigenvalue weighted by atomic mass is 10.1. The predicted octanol–water partition coefficient (Wildman–Crippen LogP) is 3.93. The molecule has 0 aliphatic rings. The van der Waals surface area contributed by atoms with Crippen molar-refractivity contribution in [1.82, 2.24) is 5.32 Å². The third-order valence-electron chi connectivity index (χ3n) is 3.16. The maximum atomic E-state index is 13.5. The van der Waals surface area contributed by atoms with E-state index in [4.69, 9.17) is 12.2 Å². The lowest BCUT2D eigenvalue weighted by molar-refractivity contribution is 0.606. The number of nitrogens with one attached hydrogen (secondary N) is 2. The average Bonchev–Trinajstić information content (AvgIpc) is 2.42. The molecule has 0 unspecified atom stereocenters. The Morgan fingerprint density at radius 2 is 1.85 bits per heavy atom. The molecule has 2 aromatic carbocycles. The van der Waals surface area contributed by atoms with E-state index in [0.29, 0.717) is 17.2 Å². The number of hydrogen-bond acceptors (Lipinski definition) is 1. The van der Waals surface area contributed by atoms with Gasteiger partial charge in [0.05, 0.1) is 0 Å². The molecule has 4 heteroatoms. The maximum Gasteiger partial charge on any atom is 0.171 e. The van der Waals surface area contributed by atoms with Crippen molar-refractivity contribution in [2.75, 3.05) is 5.32 Å². The van der Waals surface area contributed by atoms with Gasteiger partial charge in [-0.15, -0.1) is 0 Å². The molecule has 2 rings (SSSR count). The summed E-state index contributed by atoms with van der Waals surface area (Å²) in [6.07, 6.45) is 0. The number of rotatable bonds is 3. The fourth-order valence-electron chi connectivity index (χ4n) is 1.81. The zero-order chi connectivity index (χ0) is 14.5. The molecular weight excluding hydrogens is 271 g/mol. The normalized spacial score (nSPS) is 10.2. The first-order valence-corrected chi connectivity index (χ1v) is 6.82. The van der Waals surface area contributed by atoms with E-state index in [-0.39, 0.29) is 5.82 Å². The Hall–Kier alpha value is -1.94. The highest BCUT2D eigenvalue weighted by molar-refractivity contribution is 7.80. The molecular formula is C16H17FN2S. The fourth-order valence-corrected chi connectivity index (χ4v) is 2.00. The molecule has 0 aromatic heterocycles. The van der Waals surface area contributed by atoms with E-state index >= 15 is 0 Å². The molecule has 2 aromatic rings. The Kier molecular flexibility index (Phi) is 4.69. The van der Waals surface area contributed by atoms with Gasteiger partial charge in [-0.05, 0) is 55.4 Å². The second-order valence-electron chi connectivity index (χ2n) is 4.70. The number of aryl methyl sites for hydroxylation is 2. The number of benzene rings is 2. The minimum absolute atomic E-state index is 0.228. The molecule has 2 N–H and O–H groups in total. The number of halogens is 1. The molecule has 2 nitrogen and oxygen atoms in total. The van der Waals surface area contributed by atoms with Crippen LogP contribution in [-0.2, 0) is 6.54 Å². The highest BCUT2D eigenvalue weighted by Crippen LogP contribution is 2.14. The maximum absolute atomic E-state index is 13.5. The first-order valence-electron chi connectivity index (χ1n) is 6.42. The molecule has 20 heavy (non-hydrogen) atoms. The van der Waals surface area contributed by atoms with Crippen LogP contribution in [-0.4, -0.2) is 5.11 Å². The van der Waals surface area contributed by atoms with Crippen molar-refractivity contribution < 1.29 is 4.39 Å². The van der Waals surface area contributed by atoms with Crippen LogP contribution in [0.25, 0.3) is 0 Å². The average molecular weight is 288 g/mol. The summed E-state index contributed by atoms with van der Waals surface area (Å²) in [5.74, 6) is -0.228. The molecule has 0 saturated carbocycles. The van der Waals surface area contributed by atoms with Crippen molar-refractivity contribution in [1.29, 1.82) is 0 Å². The van der Waals surface area contributed by atoms with E-state index in [1.807, 2.05) is 18.2 Å². The van der Waals surface area contributed by atoms with Gasteiger partial charge in [0.25, 0.3) is 0 Å². The number of anilines is 1. The molecule has 0 aliphatic carbocycles. The number of thiocarbonyl (C=S) groups is 1. The van der Waals surface area contributed by atoms with Crippen molar-refractivity contribution in [3.05, 3.63) is 65.0 Å². The van der Waals surface area contributed by atoms with E-state index < -0.39 is 0 Å². The molecule has 0 atom stereocenters. The van der Waals surface area contributed by atoms with Crippen molar-refractivity contribution in [2.45, 2.75) is 20.4 Å². The molecule has 0 amide bonds. The smallest absolute Gasteiger partial charge is 0.171 e. The van der Waals surface area contributed by atoms with Crippen molar-refractivity contribution in [2.24, 2.45) is 0 Å². The van der Waals surface area contributed by atoms with Crippen LogP contribution in [0.1, 0.15) is 16.7 Å². The summed E-state index contributed by atoms with van der Waals surface area (Å²) in [6.45, 7) is 4.48. The SMILES string of the molecule is Cc1ccc(NC(=S)NCc2ccccc2F)cc1C. The van der Waals surface area contributed by atoms with Gasteiger partial charge in [0.2, 0.25) is 0 Å². The lowest BCUT2D eigenvalue weighted by Gasteiger charge is -2.12. The van der Waals surface area contributed by atoms with Crippen molar-refractivity contribution >= 4 is 23.0 Å². The van der Waals surface area contributed by atoms with Gasteiger partial charge in [-0.3, -0.25) is 0 Å². The van der Waals surface area contributed by atoms with E-state index in [1.54, 1.807) is 18.2 Å². The van der Waals surface area contributed by atoms with Crippen molar-refractivity contribution in [3.63, 3.8) is 0 Å². The second-order valence-corrected chi connectivity index (χ2v) is 5.11. The third kappa shape index (κ3) is 3.78. The van der Waals surface area contributed by atoms with Gasteiger partial charge < -0.3 is 10.6 Å². The third-order valence-corrected chi connectivity index (χ3v) is 3.41. The van der Waals surface area contributed by atoms with Crippen LogP contribution in [0, 0.1) is 19.7 Å². The topological polar surface area (TPSA) is 24.1 Å². The Bertz CT molecular complexity index is 626. The second kappa shape index (κ2) is 6.48. The standard InChI is InChI=1S/C16H17FN2S/c1-11-7-8-14(9-12(11)2)19-16(20)18-10-13-5-3-4-6-15(13)17/h3-9H,10H2,1-2H3,(H2,18,19,20). The van der Waals surface area contributed by atoms with Gasteiger partial charge >= 0.3 is 0 Å². The first kappa shape index (κ1) is 14.5. The van der Waals surface area contributed by atoms with E-state index in [9.17, 15) is 4.39 Å². The summed E-state index contributed by atoms with van der Waals surface area (Å²) in [7, 11) is 0. The molecule has 0 saturated heterocycles. The summed E-state index contributed by atoms with van der Waals surface area (Å²) in [5, 5.41) is 6.58. The van der Waals surface area contributed by atoms with Crippen LogP contribution in [0.15, 0.2) is 42.5 Å². The zero-order valence-electron chi connectivity index (χ0n) is 11.5. The highest BCUT2D eigenvalue weighted by atomic mass is 32.1. The van der Waals surface area contributed by atoms with Gasteiger partial charge in [-0.1, -0.05) is 24.3 Å². The summed E-state index contributed by atoms with van der Waals surface area (Å²) in [4.78, 5) is 0. The summed E-state index contributed by atoms with van der Waals surface area (Å²) in [5.41, 5.74) is 3.96. The van der Waals surface area contributed by atoms with Gasteiger partial charge in [-0.25, -0.2) is 4.39 Å². The minimum atomic E-state index is -0.228. The van der Waals surface area contributed by atoms with Gasteiger partial charge in [0.1, 0.15) is 5.82 Å². The van der Waals surface area contributed by atoms with Crippen LogP contribution < -0.4 is 10.6 Å². The van der Waals surface area contributed by atoms with Gasteiger partial charge in [-0.2, -0.15) is 0 Å². The lowest BCUT2D eigenvalue weighted by Crippen LogP contribution is -2.28. The summed E-state index contributed by atoms with van der Waals surface area (Å²) >= 11 is 5.21. The van der Waals surface area contributed by atoms with Crippen LogP contribution in [0.2, 0.25) is 0 Å². The van der Waals surface area contributed by atoms with Gasteiger partial charge in [0, 0.05) is 17.8 Å². The number of hydrogen-bond donors (Lipinski definition) is 2. The van der Waals surface area contributed by atoms with Crippen LogP contribution in [0.3, 0.4) is 0 Å². The van der Waals surface area contributed by atoms with Crippen LogP contribution >= 0.6 is 12.2 Å². The fraction of sp³-hybridized carbons (Fsp3) is 0.188. The molecule has 104 valence electrons. The van der Waals surface area contributed by atoms with E-state index in [1.165, 1.54) is 17.2 Å². The minimum Gasteiger partial charge on any atom is -0.358 e. The Balaban J connectivity index is 1.93. The molecule has 0 spiro atoms. The molecule has 0 heterocycles. The van der Waals surface area contributed by atoms with E-state index in [0.717, 1.165) is 5.69 Å². The Morgan fingerprint density at radius 1 is 1.10 bits per heavy atom. The monoisotopic (exact) mass is 288 g/mol. The van der Waals surface area contributed by atoms with E-state index in [2.05, 4.69) is 24.5 Å². The molecule has 0 radical (unpaired) electrons. The molecule has 0 bridgehead atoms. The van der Waals surface area contributed by atoms with Crippen molar-refractivity contribution in [3.8, 4) is 0 Å². The first-order chi connectivity index (χ1) is 9.56. The molecule has 0 aliphatic heterocycles. The van der Waals surface area contributed by atoms with Crippen LogP contribution in [0.4, 0.5) is 10.1 Å². The predicted molar refractivity (Wildman–Crippen MR) is 85.4 cm³/mol. The summed E-state index contributed by atoms with van der Waals surface area (Å²) in [6, 6.07) is 12.7. The van der Waals surface area contributed by atoms with Gasteiger partial charge in [0.15, 0.2) is 5.11 Å². The molecule has 0 fully saturated rings. The Labute approximate surface area is 124 Å². The summed E-state index contributed by atoms with van der Waals surface area (Å²) < 4.78 is 13.5. The Morgan fingerprint density at radius 3 is 2.55 bits per heavy atom.